The van der Waals surface area contributed by atoms with Crippen LogP contribution in [0.5, 0.6) is 0 Å². The zero-order valence-corrected chi connectivity index (χ0v) is 10.0. The number of benzene rings is 1. The maximum absolute atomic E-state index is 13.1. The van der Waals surface area contributed by atoms with E-state index >= 15 is 0 Å². The Bertz CT molecular complexity index is 352. The molecule has 4 heteroatoms. The number of carbonyl (C=O) groups is 1. The molecular formula is C11H12BrFO2. The predicted molar refractivity (Wildman–Crippen MR) is 59.5 cm³/mol. The largest absolute Gasteiger partial charge is 0.373 e. The van der Waals surface area contributed by atoms with Gasteiger partial charge < -0.3 is 4.74 Å². The van der Waals surface area contributed by atoms with Gasteiger partial charge in [0.05, 0.1) is 4.47 Å². The molecule has 15 heavy (non-hydrogen) atoms. The van der Waals surface area contributed by atoms with Crippen LogP contribution in [0.15, 0.2) is 22.7 Å². The van der Waals surface area contributed by atoms with Crippen molar-refractivity contribution in [3.05, 3.63) is 34.1 Å². The van der Waals surface area contributed by atoms with E-state index in [0.29, 0.717) is 16.6 Å². The van der Waals surface area contributed by atoms with Gasteiger partial charge in [0.15, 0.2) is 5.78 Å². The maximum atomic E-state index is 13.1. The van der Waals surface area contributed by atoms with E-state index in [0.717, 1.165) is 6.42 Å². The van der Waals surface area contributed by atoms with Crippen molar-refractivity contribution in [2.24, 2.45) is 0 Å². The molecule has 82 valence electrons. The zero-order chi connectivity index (χ0) is 11.3. The Labute approximate surface area is 96.6 Å². The minimum atomic E-state index is -0.434. The minimum absolute atomic E-state index is 0.00884. The van der Waals surface area contributed by atoms with E-state index in [9.17, 15) is 9.18 Å². The molecule has 1 aromatic rings. The highest BCUT2D eigenvalue weighted by Crippen LogP contribution is 2.16. The van der Waals surface area contributed by atoms with Gasteiger partial charge in [-0.05, 0) is 40.5 Å². The number of carbonyl (C=O) groups excluding carboxylic acids is 1. The summed E-state index contributed by atoms with van der Waals surface area (Å²) in [5.74, 6) is -0.633. The van der Waals surface area contributed by atoms with Gasteiger partial charge in [0.2, 0.25) is 0 Å². The third-order valence-corrected chi connectivity index (χ3v) is 2.47. The lowest BCUT2D eigenvalue weighted by Gasteiger charge is -2.03. The highest BCUT2D eigenvalue weighted by Gasteiger charge is 2.08. The van der Waals surface area contributed by atoms with Crippen LogP contribution in [0.4, 0.5) is 4.39 Å². The smallest absolute Gasteiger partial charge is 0.188 e. The molecule has 0 aromatic heterocycles. The van der Waals surface area contributed by atoms with Gasteiger partial charge in [-0.15, -0.1) is 0 Å². The molecule has 0 spiro atoms. The van der Waals surface area contributed by atoms with E-state index in [1.165, 1.54) is 12.1 Å². The molecule has 1 rings (SSSR count). The molecule has 0 saturated carbocycles. The first-order valence-electron chi connectivity index (χ1n) is 4.71. The first-order valence-corrected chi connectivity index (χ1v) is 5.50. The summed E-state index contributed by atoms with van der Waals surface area (Å²) in [4.78, 5) is 11.5. The molecule has 0 unspecified atom stereocenters. The van der Waals surface area contributed by atoms with E-state index in [4.69, 9.17) is 4.74 Å². The van der Waals surface area contributed by atoms with Crippen LogP contribution in [0.2, 0.25) is 0 Å². The van der Waals surface area contributed by atoms with Crippen molar-refractivity contribution in [1.29, 1.82) is 0 Å². The van der Waals surface area contributed by atoms with Gasteiger partial charge in [-0.1, -0.05) is 6.92 Å². The van der Waals surface area contributed by atoms with Crippen LogP contribution in [0.3, 0.4) is 0 Å². The van der Waals surface area contributed by atoms with Crippen molar-refractivity contribution in [1.82, 2.24) is 0 Å². The van der Waals surface area contributed by atoms with Crippen molar-refractivity contribution >= 4 is 21.7 Å². The Balaban J connectivity index is 2.62. The molecule has 0 bridgehead atoms. The van der Waals surface area contributed by atoms with Crippen LogP contribution in [-0.4, -0.2) is 19.0 Å². The van der Waals surface area contributed by atoms with Crippen LogP contribution >= 0.6 is 15.9 Å². The molecule has 2 nitrogen and oxygen atoms in total. The summed E-state index contributed by atoms with van der Waals surface area (Å²) in [6.45, 7) is 2.52. The predicted octanol–water partition coefficient (Wildman–Crippen LogP) is 3.20. The molecular weight excluding hydrogens is 263 g/mol. The Kier molecular flexibility index (Phi) is 4.91. The first-order chi connectivity index (χ1) is 7.15. The van der Waals surface area contributed by atoms with Crippen LogP contribution in [0.1, 0.15) is 23.7 Å². The van der Waals surface area contributed by atoms with Crippen LogP contribution in [-0.2, 0) is 4.74 Å². The van der Waals surface area contributed by atoms with E-state index < -0.39 is 5.82 Å². The molecule has 0 N–H and O–H groups in total. The van der Waals surface area contributed by atoms with Crippen LogP contribution in [0.25, 0.3) is 0 Å². The Hall–Kier alpha value is -0.740. The fourth-order valence-electron chi connectivity index (χ4n) is 1.06. The van der Waals surface area contributed by atoms with Gasteiger partial charge in [0, 0.05) is 12.2 Å². The number of ketones is 1. The average molecular weight is 275 g/mol. The van der Waals surface area contributed by atoms with Gasteiger partial charge in [0.25, 0.3) is 0 Å². The minimum Gasteiger partial charge on any atom is -0.373 e. The van der Waals surface area contributed by atoms with Crippen molar-refractivity contribution < 1.29 is 13.9 Å². The highest BCUT2D eigenvalue weighted by molar-refractivity contribution is 9.10. The third kappa shape index (κ3) is 3.72. The third-order valence-electron chi connectivity index (χ3n) is 1.82. The van der Waals surface area contributed by atoms with Gasteiger partial charge in [-0.2, -0.15) is 0 Å². The number of hydrogen-bond acceptors (Lipinski definition) is 2. The molecule has 0 saturated heterocycles. The second-order valence-electron chi connectivity index (χ2n) is 3.10. The van der Waals surface area contributed by atoms with E-state index in [1.54, 1.807) is 6.07 Å². The van der Waals surface area contributed by atoms with Gasteiger partial charge in [0.1, 0.15) is 12.4 Å². The summed E-state index contributed by atoms with van der Waals surface area (Å²) in [6, 6.07) is 4.30. The van der Waals surface area contributed by atoms with E-state index in [2.05, 4.69) is 15.9 Å². The van der Waals surface area contributed by atoms with Crippen LogP contribution in [0, 0.1) is 5.82 Å². The first kappa shape index (κ1) is 12.3. The van der Waals surface area contributed by atoms with Gasteiger partial charge in [-0.25, -0.2) is 4.39 Å². The van der Waals surface area contributed by atoms with E-state index in [-0.39, 0.29) is 12.4 Å². The summed E-state index contributed by atoms with van der Waals surface area (Å²) in [6.07, 6.45) is 0.863. The number of hydrogen-bond donors (Lipinski definition) is 0. The fourth-order valence-corrected chi connectivity index (χ4v) is 1.31. The molecule has 0 aliphatic carbocycles. The van der Waals surface area contributed by atoms with Gasteiger partial charge in [-0.3, -0.25) is 4.79 Å². The average Bonchev–Trinajstić information content (AvgIpc) is 2.22. The standard InChI is InChI=1S/C11H12BrFO2/c1-2-5-15-7-11(14)8-3-4-9(12)10(13)6-8/h3-4,6H,2,5,7H2,1H3. The topological polar surface area (TPSA) is 26.3 Å². The van der Waals surface area contributed by atoms with Crippen molar-refractivity contribution in [2.75, 3.05) is 13.2 Å². The molecule has 0 amide bonds. The zero-order valence-electron chi connectivity index (χ0n) is 8.43. The molecule has 0 atom stereocenters. The molecule has 0 heterocycles. The van der Waals surface area contributed by atoms with Crippen molar-refractivity contribution in [3.63, 3.8) is 0 Å². The molecule has 0 radical (unpaired) electrons. The number of Topliss-reactive ketones (excluding diaryl/α,β-unsaturated/α-hetero) is 1. The number of ether oxygens (including phenoxy) is 1. The molecule has 1 aromatic carbocycles. The molecule has 0 aliphatic rings. The monoisotopic (exact) mass is 274 g/mol. The summed E-state index contributed by atoms with van der Waals surface area (Å²) in [5, 5.41) is 0. The molecule has 0 aliphatic heterocycles. The van der Waals surface area contributed by atoms with Crippen molar-refractivity contribution in [2.45, 2.75) is 13.3 Å². The molecule has 0 fully saturated rings. The van der Waals surface area contributed by atoms with Crippen LogP contribution < -0.4 is 0 Å². The lowest BCUT2D eigenvalue weighted by Crippen LogP contribution is -2.09. The summed E-state index contributed by atoms with van der Waals surface area (Å²) in [7, 11) is 0. The summed E-state index contributed by atoms with van der Waals surface area (Å²) < 4.78 is 18.5. The number of halogens is 2. The second kappa shape index (κ2) is 5.98. The fraction of sp³-hybridized carbons (Fsp3) is 0.364. The Morgan fingerprint density at radius 2 is 2.27 bits per heavy atom. The summed E-state index contributed by atoms with van der Waals surface area (Å²) >= 11 is 3.02. The van der Waals surface area contributed by atoms with E-state index in [1.807, 2.05) is 6.92 Å². The van der Waals surface area contributed by atoms with Crippen molar-refractivity contribution in [3.8, 4) is 0 Å². The Morgan fingerprint density at radius 3 is 2.87 bits per heavy atom. The summed E-state index contributed by atoms with van der Waals surface area (Å²) in [5.41, 5.74) is 0.340. The normalized spacial score (nSPS) is 10.3. The lowest BCUT2D eigenvalue weighted by molar-refractivity contribution is 0.0761. The van der Waals surface area contributed by atoms with Gasteiger partial charge >= 0.3 is 0 Å². The second-order valence-corrected chi connectivity index (χ2v) is 3.96. The Morgan fingerprint density at radius 1 is 1.53 bits per heavy atom. The maximum Gasteiger partial charge on any atom is 0.188 e. The number of rotatable bonds is 5. The SMILES string of the molecule is CCCOCC(=O)c1ccc(Br)c(F)c1. The highest BCUT2D eigenvalue weighted by atomic mass is 79.9. The quantitative estimate of drug-likeness (QED) is 0.609. The lowest BCUT2D eigenvalue weighted by atomic mass is 10.1.